The SMILES string of the molecule is Cc1cc(C)c(S(=O)(=O)NC2CCCC2)cc1C(=O)O. The molecule has 0 unspecified atom stereocenters. The minimum Gasteiger partial charge on any atom is -0.478 e. The van der Waals surface area contributed by atoms with Gasteiger partial charge in [0.05, 0.1) is 10.5 Å². The number of benzene rings is 1. The fourth-order valence-electron chi connectivity index (χ4n) is 2.68. The third kappa shape index (κ3) is 3.02. The molecule has 110 valence electrons. The largest absolute Gasteiger partial charge is 0.478 e. The predicted octanol–water partition coefficient (Wildman–Crippen LogP) is 2.22. The van der Waals surface area contributed by atoms with E-state index in [-0.39, 0.29) is 16.5 Å². The fourth-order valence-corrected chi connectivity index (χ4v) is 4.24. The molecule has 0 aromatic heterocycles. The van der Waals surface area contributed by atoms with E-state index in [9.17, 15) is 13.2 Å². The molecule has 2 rings (SSSR count). The summed E-state index contributed by atoms with van der Waals surface area (Å²) in [5.74, 6) is -1.11. The second-order valence-electron chi connectivity index (χ2n) is 5.34. The van der Waals surface area contributed by atoms with E-state index in [2.05, 4.69) is 4.72 Å². The second kappa shape index (κ2) is 5.54. The van der Waals surface area contributed by atoms with Crippen molar-refractivity contribution in [1.29, 1.82) is 0 Å². The Morgan fingerprint density at radius 3 is 2.35 bits per heavy atom. The van der Waals surface area contributed by atoms with Gasteiger partial charge in [-0.15, -0.1) is 0 Å². The highest BCUT2D eigenvalue weighted by molar-refractivity contribution is 7.89. The van der Waals surface area contributed by atoms with Crippen LogP contribution in [0.5, 0.6) is 0 Å². The highest BCUT2D eigenvalue weighted by Crippen LogP contribution is 2.24. The molecule has 0 bridgehead atoms. The van der Waals surface area contributed by atoms with Crippen molar-refractivity contribution in [3.8, 4) is 0 Å². The number of aromatic carboxylic acids is 1. The fraction of sp³-hybridized carbons (Fsp3) is 0.500. The van der Waals surface area contributed by atoms with E-state index in [1.54, 1.807) is 19.9 Å². The number of carboxylic acids is 1. The van der Waals surface area contributed by atoms with Crippen LogP contribution in [0.4, 0.5) is 0 Å². The summed E-state index contributed by atoms with van der Waals surface area (Å²) in [7, 11) is -3.66. The molecule has 20 heavy (non-hydrogen) atoms. The highest BCUT2D eigenvalue weighted by Gasteiger charge is 2.25. The summed E-state index contributed by atoms with van der Waals surface area (Å²) in [6, 6.07) is 2.82. The lowest BCUT2D eigenvalue weighted by Crippen LogP contribution is -2.33. The van der Waals surface area contributed by atoms with E-state index in [4.69, 9.17) is 5.11 Å². The average molecular weight is 297 g/mol. The molecule has 0 heterocycles. The number of hydrogen-bond donors (Lipinski definition) is 2. The zero-order chi connectivity index (χ0) is 14.9. The summed E-state index contributed by atoms with van der Waals surface area (Å²) in [5, 5.41) is 9.12. The van der Waals surface area contributed by atoms with Crippen LogP contribution in [0.1, 0.15) is 47.2 Å². The molecule has 1 aliphatic carbocycles. The number of sulfonamides is 1. The Morgan fingerprint density at radius 1 is 1.20 bits per heavy atom. The predicted molar refractivity (Wildman–Crippen MR) is 75.5 cm³/mol. The van der Waals surface area contributed by atoms with Crippen LogP contribution in [0.25, 0.3) is 0 Å². The molecule has 0 saturated heterocycles. The molecular formula is C14H19NO4S. The number of aryl methyl sites for hydroxylation is 2. The van der Waals surface area contributed by atoms with Gasteiger partial charge in [-0.1, -0.05) is 18.9 Å². The van der Waals surface area contributed by atoms with Crippen LogP contribution in [-0.2, 0) is 10.0 Å². The third-order valence-corrected chi connectivity index (χ3v) is 5.38. The number of nitrogens with one attached hydrogen (secondary N) is 1. The van der Waals surface area contributed by atoms with Crippen molar-refractivity contribution < 1.29 is 18.3 Å². The first-order chi connectivity index (χ1) is 9.31. The summed E-state index contributed by atoms with van der Waals surface area (Å²) in [4.78, 5) is 11.2. The van der Waals surface area contributed by atoms with Crippen LogP contribution in [0.2, 0.25) is 0 Å². The molecule has 1 aromatic rings. The topological polar surface area (TPSA) is 83.5 Å². The van der Waals surface area contributed by atoms with Crippen molar-refractivity contribution in [1.82, 2.24) is 4.72 Å². The van der Waals surface area contributed by atoms with Gasteiger partial charge in [0, 0.05) is 6.04 Å². The van der Waals surface area contributed by atoms with Gasteiger partial charge in [0.15, 0.2) is 0 Å². The van der Waals surface area contributed by atoms with Crippen molar-refractivity contribution in [3.63, 3.8) is 0 Å². The maximum absolute atomic E-state index is 12.4. The molecule has 0 aliphatic heterocycles. The van der Waals surface area contributed by atoms with Crippen molar-refractivity contribution in [3.05, 3.63) is 28.8 Å². The van der Waals surface area contributed by atoms with Crippen molar-refractivity contribution in [2.24, 2.45) is 0 Å². The van der Waals surface area contributed by atoms with Crippen LogP contribution in [-0.4, -0.2) is 25.5 Å². The standard InChI is InChI=1S/C14H19NO4S/c1-9-7-10(2)13(8-12(9)14(16)17)20(18,19)15-11-5-3-4-6-11/h7-8,11,15H,3-6H2,1-2H3,(H,16,17). The van der Waals surface area contributed by atoms with Crippen LogP contribution in [0, 0.1) is 13.8 Å². The first-order valence-corrected chi connectivity index (χ1v) is 8.16. The van der Waals surface area contributed by atoms with Crippen LogP contribution >= 0.6 is 0 Å². The van der Waals surface area contributed by atoms with E-state index in [1.165, 1.54) is 6.07 Å². The van der Waals surface area contributed by atoms with Crippen LogP contribution in [0.3, 0.4) is 0 Å². The van der Waals surface area contributed by atoms with Gasteiger partial charge in [-0.3, -0.25) is 0 Å². The maximum atomic E-state index is 12.4. The molecule has 0 amide bonds. The number of carboxylic acid groups (broad SMARTS) is 1. The molecule has 1 aliphatic rings. The van der Waals surface area contributed by atoms with E-state index in [0.29, 0.717) is 11.1 Å². The average Bonchev–Trinajstić information content (AvgIpc) is 2.79. The minimum absolute atomic E-state index is 0.0300. The van der Waals surface area contributed by atoms with Gasteiger partial charge in [-0.2, -0.15) is 0 Å². The summed E-state index contributed by atoms with van der Waals surface area (Å²) >= 11 is 0. The molecule has 1 saturated carbocycles. The first kappa shape index (κ1) is 15.0. The molecule has 1 aromatic carbocycles. The lowest BCUT2D eigenvalue weighted by molar-refractivity contribution is 0.0696. The molecule has 5 nitrogen and oxygen atoms in total. The third-order valence-electron chi connectivity index (χ3n) is 3.72. The Balaban J connectivity index is 2.40. The Labute approximate surface area is 119 Å². The lowest BCUT2D eigenvalue weighted by atomic mass is 10.1. The minimum atomic E-state index is -3.66. The Morgan fingerprint density at radius 2 is 1.80 bits per heavy atom. The summed E-state index contributed by atoms with van der Waals surface area (Å²) < 4.78 is 27.5. The number of hydrogen-bond acceptors (Lipinski definition) is 3. The number of rotatable bonds is 4. The Bertz CT molecular complexity index is 631. The molecule has 1 fully saturated rings. The van der Waals surface area contributed by atoms with Gasteiger partial charge in [-0.25, -0.2) is 17.9 Å². The Kier molecular flexibility index (Phi) is 4.15. The molecule has 0 radical (unpaired) electrons. The lowest BCUT2D eigenvalue weighted by Gasteiger charge is -2.15. The molecule has 6 heteroatoms. The van der Waals surface area contributed by atoms with Gasteiger partial charge in [-0.05, 0) is 43.9 Å². The van der Waals surface area contributed by atoms with Crippen LogP contribution < -0.4 is 4.72 Å². The Hall–Kier alpha value is -1.40. The molecular weight excluding hydrogens is 278 g/mol. The number of carbonyl (C=O) groups is 1. The summed E-state index contributed by atoms with van der Waals surface area (Å²) in [5.41, 5.74) is 1.16. The van der Waals surface area contributed by atoms with Gasteiger partial charge < -0.3 is 5.11 Å². The van der Waals surface area contributed by atoms with Crippen molar-refractivity contribution in [2.45, 2.75) is 50.5 Å². The zero-order valence-electron chi connectivity index (χ0n) is 11.6. The maximum Gasteiger partial charge on any atom is 0.335 e. The van der Waals surface area contributed by atoms with Crippen molar-refractivity contribution >= 4 is 16.0 Å². The zero-order valence-corrected chi connectivity index (χ0v) is 12.5. The second-order valence-corrected chi connectivity index (χ2v) is 7.02. The van der Waals surface area contributed by atoms with Crippen molar-refractivity contribution in [2.75, 3.05) is 0 Å². The normalized spacial score (nSPS) is 16.5. The molecule has 0 spiro atoms. The highest BCUT2D eigenvalue weighted by atomic mass is 32.2. The first-order valence-electron chi connectivity index (χ1n) is 6.68. The van der Waals surface area contributed by atoms with Gasteiger partial charge in [0.1, 0.15) is 0 Å². The van der Waals surface area contributed by atoms with E-state index in [1.807, 2.05) is 0 Å². The molecule has 0 atom stereocenters. The van der Waals surface area contributed by atoms with Gasteiger partial charge >= 0.3 is 5.97 Å². The monoisotopic (exact) mass is 297 g/mol. The summed E-state index contributed by atoms with van der Waals surface area (Å²) in [6.07, 6.45) is 3.74. The van der Waals surface area contributed by atoms with E-state index >= 15 is 0 Å². The van der Waals surface area contributed by atoms with E-state index < -0.39 is 16.0 Å². The van der Waals surface area contributed by atoms with Gasteiger partial charge in [0.2, 0.25) is 10.0 Å². The van der Waals surface area contributed by atoms with E-state index in [0.717, 1.165) is 25.7 Å². The molecule has 2 N–H and O–H groups in total. The quantitative estimate of drug-likeness (QED) is 0.892. The van der Waals surface area contributed by atoms with Crippen LogP contribution in [0.15, 0.2) is 17.0 Å². The smallest absolute Gasteiger partial charge is 0.335 e. The summed E-state index contributed by atoms with van der Waals surface area (Å²) in [6.45, 7) is 3.35. The van der Waals surface area contributed by atoms with Gasteiger partial charge in [0.25, 0.3) is 0 Å².